The molecule has 0 aliphatic rings. The highest BCUT2D eigenvalue weighted by Gasteiger charge is 1.59. The summed E-state index contributed by atoms with van der Waals surface area (Å²) < 4.78 is 0. The van der Waals surface area contributed by atoms with E-state index in [9.17, 15) is 0 Å². The Morgan fingerprint density at radius 2 is 0.667 bits per heavy atom. The molecule has 0 amide bonds. The summed E-state index contributed by atoms with van der Waals surface area (Å²) in [5.41, 5.74) is 2.04. The molecular weight excluding hydrogens is 216 g/mol. The van der Waals surface area contributed by atoms with Crippen LogP contribution in [0.2, 0.25) is 0 Å². The van der Waals surface area contributed by atoms with Crippen LogP contribution in [0.15, 0.2) is 100 Å². The molecule has 0 spiro atoms. The van der Waals surface area contributed by atoms with Crippen LogP contribution in [0.4, 0.5) is 0 Å². The van der Waals surface area contributed by atoms with Crippen LogP contribution in [0.1, 0.15) is 13.8 Å². The van der Waals surface area contributed by atoms with Crippen molar-refractivity contribution in [3.63, 3.8) is 0 Å². The Morgan fingerprint density at radius 3 is 0.667 bits per heavy atom. The molecule has 0 radical (unpaired) electrons. The van der Waals surface area contributed by atoms with Gasteiger partial charge in [0.2, 0.25) is 0 Å². The minimum Gasteiger partial charge on any atom is -0.0991 e. The van der Waals surface area contributed by atoms with Gasteiger partial charge in [-0.2, -0.15) is 0 Å². The van der Waals surface area contributed by atoms with E-state index in [4.69, 9.17) is 0 Å². The van der Waals surface area contributed by atoms with Gasteiger partial charge < -0.3 is 0 Å². The molecule has 0 heterocycles. The zero-order valence-electron chi connectivity index (χ0n) is 12.1. The minimum atomic E-state index is 1.02. The van der Waals surface area contributed by atoms with E-state index in [-0.39, 0.29) is 0 Å². The van der Waals surface area contributed by atoms with E-state index >= 15 is 0 Å². The van der Waals surface area contributed by atoms with Gasteiger partial charge in [-0.3, -0.25) is 0 Å². The van der Waals surface area contributed by atoms with Gasteiger partial charge in [0.15, 0.2) is 0 Å². The standard InChI is InChI=1S/2C5H8.2C4H6/c2*1-4-5(2)3;2*1-3-4-2/h2*4H,1-2H2,3H3;2*3-4H,1-2H2. The van der Waals surface area contributed by atoms with Crippen LogP contribution < -0.4 is 0 Å². The van der Waals surface area contributed by atoms with Crippen molar-refractivity contribution in [2.24, 2.45) is 0 Å². The molecule has 0 fully saturated rings. The summed E-state index contributed by atoms with van der Waals surface area (Å²) in [5.74, 6) is 0. The van der Waals surface area contributed by atoms with Crippen molar-refractivity contribution in [2.45, 2.75) is 13.8 Å². The Kier molecular flexibility index (Phi) is 40.7. The van der Waals surface area contributed by atoms with Crippen molar-refractivity contribution in [1.82, 2.24) is 0 Å². The fourth-order valence-corrected chi connectivity index (χ4v) is 0. The van der Waals surface area contributed by atoms with E-state index in [1.54, 1.807) is 36.5 Å². The SMILES string of the molecule is C=CC(=C)C.C=CC(=C)C.C=CC=C.C=CC=C. The third kappa shape index (κ3) is 151. The molecule has 0 bridgehead atoms. The second kappa shape index (κ2) is 29.4. The van der Waals surface area contributed by atoms with Crippen molar-refractivity contribution < 1.29 is 0 Å². The maximum Gasteiger partial charge on any atom is -0.0404 e. The second-order valence-electron chi connectivity index (χ2n) is 3.04. The lowest BCUT2D eigenvalue weighted by atomic mass is 10.4. The van der Waals surface area contributed by atoms with Crippen LogP contribution in [-0.2, 0) is 0 Å². The van der Waals surface area contributed by atoms with Crippen molar-refractivity contribution >= 4 is 0 Å². The van der Waals surface area contributed by atoms with E-state index in [2.05, 4.69) is 52.6 Å². The van der Waals surface area contributed by atoms with Gasteiger partial charge in [-0.25, -0.2) is 0 Å². The number of hydrogen-bond acceptors (Lipinski definition) is 0. The molecule has 0 unspecified atom stereocenters. The average molecular weight is 244 g/mol. The smallest absolute Gasteiger partial charge is 0.0404 e. The van der Waals surface area contributed by atoms with Crippen LogP contribution in [0.3, 0.4) is 0 Å². The van der Waals surface area contributed by atoms with Crippen molar-refractivity contribution in [3.8, 4) is 0 Å². The van der Waals surface area contributed by atoms with Gasteiger partial charge in [-0.15, -0.1) is 0 Å². The zero-order valence-corrected chi connectivity index (χ0v) is 12.1. The first-order chi connectivity index (χ1) is 8.37. The molecule has 0 N–H and O–H groups in total. The molecule has 0 rings (SSSR count). The number of rotatable bonds is 4. The molecular formula is C18H28. The Labute approximate surface area is 114 Å². The van der Waals surface area contributed by atoms with Crippen molar-refractivity contribution in [1.29, 1.82) is 0 Å². The first-order valence-electron chi connectivity index (χ1n) is 5.40. The van der Waals surface area contributed by atoms with Gasteiger partial charge in [0.25, 0.3) is 0 Å². The average Bonchev–Trinajstić information content (AvgIpc) is 2.39. The van der Waals surface area contributed by atoms with Crippen LogP contribution >= 0.6 is 0 Å². The highest BCUT2D eigenvalue weighted by atomic mass is 13.7. The largest absolute Gasteiger partial charge is 0.0991 e. The lowest BCUT2D eigenvalue weighted by Crippen LogP contribution is -1.50. The van der Waals surface area contributed by atoms with Gasteiger partial charge in [-0.05, 0) is 13.8 Å². The number of hydrogen-bond donors (Lipinski definition) is 0. The van der Waals surface area contributed by atoms with Crippen LogP contribution in [0.5, 0.6) is 0 Å². The van der Waals surface area contributed by atoms with Crippen LogP contribution in [-0.4, -0.2) is 0 Å². The third-order valence-electron chi connectivity index (χ3n) is 1.03. The van der Waals surface area contributed by atoms with Crippen LogP contribution in [0, 0.1) is 0 Å². The molecule has 0 heteroatoms. The molecule has 18 heavy (non-hydrogen) atoms. The zero-order chi connectivity index (χ0) is 15.4. The molecule has 0 aliphatic carbocycles. The molecule has 0 saturated carbocycles. The minimum absolute atomic E-state index is 1.02. The van der Waals surface area contributed by atoms with Gasteiger partial charge in [0.05, 0.1) is 0 Å². The predicted octanol–water partition coefficient (Wildman–Crippen LogP) is 6.21. The first kappa shape index (κ1) is 24.9. The summed E-state index contributed by atoms with van der Waals surface area (Å²) in [6.07, 6.45) is 10.0. The first-order valence-corrected chi connectivity index (χ1v) is 5.40. The highest BCUT2D eigenvalue weighted by molar-refractivity contribution is 5.06. The van der Waals surface area contributed by atoms with Gasteiger partial charge >= 0.3 is 0 Å². The van der Waals surface area contributed by atoms with E-state index in [1.807, 2.05) is 13.8 Å². The molecule has 100 valence electrons. The fourth-order valence-electron chi connectivity index (χ4n) is 0. The maximum absolute atomic E-state index is 3.56. The molecule has 0 aromatic heterocycles. The topological polar surface area (TPSA) is 0 Å². The van der Waals surface area contributed by atoms with Crippen molar-refractivity contribution in [3.05, 3.63) is 100 Å². The Morgan fingerprint density at radius 1 is 0.556 bits per heavy atom. The summed E-state index contributed by atoms with van der Waals surface area (Å²) in [4.78, 5) is 0. The second-order valence-corrected chi connectivity index (χ2v) is 3.04. The molecule has 0 atom stereocenters. The Bertz CT molecular complexity index is 232. The molecule has 0 aliphatic heterocycles. The predicted molar refractivity (Wildman–Crippen MR) is 90.8 cm³/mol. The van der Waals surface area contributed by atoms with Gasteiger partial charge in [-0.1, -0.05) is 100 Å². The summed E-state index contributed by atoms with van der Waals surface area (Å²) in [5, 5.41) is 0. The van der Waals surface area contributed by atoms with Crippen LogP contribution in [0.25, 0.3) is 0 Å². The maximum atomic E-state index is 3.56. The van der Waals surface area contributed by atoms with E-state index < -0.39 is 0 Å². The molecule has 0 aromatic rings. The highest BCUT2D eigenvalue weighted by Crippen LogP contribution is 1.81. The van der Waals surface area contributed by atoms with E-state index in [1.165, 1.54) is 0 Å². The Balaban J connectivity index is -0.0000000731. The molecule has 0 aromatic carbocycles. The monoisotopic (exact) mass is 244 g/mol. The Hall–Kier alpha value is -2.08. The van der Waals surface area contributed by atoms with Crippen molar-refractivity contribution in [2.75, 3.05) is 0 Å². The summed E-state index contributed by atoms with van der Waals surface area (Å²) in [6, 6.07) is 0. The fraction of sp³-hybridized carbons (Fsp3) is 0.111. The summed E-state index contributed by atoms with van der Waals surface area (Å²) in [6.45, 7) is 31.3. The molecule has 0 saturated heterocycles. The van der Waals surface area contributed by atoms with Gasteiger partial charge in [0.1, 0.15) is 0 Å². The van der Waals surface area contributed by atoms with E-state index in [0.717, 1.165) is 11.1 Å². The third-order valence-corrected chi connectivity index (χ3v) is 1.03. The van der Waals surface area contributed by atoms with E-state index in [0.29, 0.717) is 0 Å². The lowest BCUT2D eigenvalue weighted by molar-refractivity contribution is 1.58. The normalized spacial score (nSPS) is 5.89. The summed E-state index contributed by atoms with van der Waals surface area (Å²) >= 11 is 0. The quantitative estimate of drug-likeness (QED) is 0.515. The summed E-state index contributed by atoms with van der Waals surface area (Å²) in [7, 11) is 0. The van der Waals surface area contributed by atoms with Gasteiger partial charge in [0, 0.05) is 0 Å². The lowest BCUT2D eigenvalue weighted by Gasteiger charge is -1.71. The molecule has 0 nitrogen and oxygen atoms in total. The number of allylic oxidation sites excluding steroid dienone is 8.